The fourth-order valence-corrected chi connectivity index (χ4v) is 3.61. The van der Waals surface area contributed by atoms with Crippen LogP contribution >= 0.6 is 0 Å². The van der Waals surface area contributed by atoms with Gasteiger partial charge in [-0.15, -0.1) is 0 Å². The molecular weight excluding hydrogens is 422 g/mol. The molecule has 0 aromatic heterocycles. The predicted molar refractivity (Wildman–Crippen MR) is 129 cm³/mol. The molecule has 2 bridgehead atoms. The van der Waals surface area contributed by atoms with Gasteiger partial charge in [0.2, 0.25) is 5.91 Å². The maximum atomic E-state index is 12.5. The number of rotatable bonds is 1. The summed E-state index contributed by atoms with van der Waals surface area (Å²) in [6.07, 6.45) is 11.9. The van der Waals surface area contributed by atoms with E-state index in [-0.39, 0.29) is 35.4 Å². The minimum absolute atomic E-state index is 0.0327. The van der Waals surface area contributed by atoms with Gasteiger partial charge in [0.25, 0.3) is 0 Å². The lowest BCUT2D eigenvalue weighted by Gasteiger charge is -2.24. The van der Waals surface area contributed by atoms with E-state index in [1.54, 1.807) is 38.2 Å². The number of aliphatic hydroxyl groups is 2. The number of nitrogens with one attached hydrogen (secondary N) is 1. The molecule has 1 aromatic rings. The molecule has 0 saturated heterocycles. The van der Waals surface area contributed by atoms with Crippen molar-refractivity contribution >= 4 is 11.6 Å². The van der Waals surface area contributed by atoms with Crippen molar-refractivity contribution in [1.29, 1.82) is 0 Å². The number of benzene rings is 1. The van der Waals surface area contributed by atoms with Crippen LogP contribution in [-0.4, -0.2) is 51.8 Å². The van der Waals surface area contributed by atoms with Crippen LogP contribution in [0.1, 0.15) is 38.7 Å². The Balaban J connectivity index is 2.32. The van der Waals surface area contributed by atoms with Crippen LogP contribution in [0.25, 0.3) is 0 Å². The van der Waals surface area contributed by atoms with E-state index in [1.807, 2.05) is 18.2 Å². The molecule has 0 fully saturated rings. The van der Waals surface area contributed by atoms with Gasteiger partial charge in [0.1, 0.15) is 11.5 Å². The minimum Gasteiger partial charge on any atom is -0.508 e. The zero-order valence-corrected chi connectivity index (χ0v) is 19.4. The van der Waals surface area contributed by atoms with Crippen molar-refractivity contribution in [3.05, 3.63) is 65.8 Å². The summed E-state index contributed by atoms with van der Waals surface area (Å²) in [7, 11) is 1.50. The molecule has 0 unspecified atom stereocenters. The Kier molecular flexibility index (Phi) is 10.4. The second-order valence-corrected chi connectivity index (χ2v) is 8.32. The van der Waals surface area contributed by atoms with Crippen molar-refractivity contribution in [2.24, 2.45) is 5.92 Å². The third kappa shape index (κ3) is 8.20. The van der Waals surface area contributed by atoms with E-state index in [4.69, 9.17) is 4.74 Å². The Morgan fingerprint density at radius 3 is 2.55 bits per heavy atom. The zero-order chi connectivity index (χ0) is 24.4. The largest absolute Gasteiger partial charge is 0.508 e. The highest BCUT2D eigenvalue weighted by molar-refractivity contribution is 5.93. The Morgan fingerprint density at radius 2 is 1.82 bits per heavy atom. The molecule has 180 valence electrons. The third-order valence-electron chi connectivity index (χ3n) is 5.76. The van der Waals surface area contributed by atoms with Crippen LogP contribution in [0.3, 0.4) is 0 Å². The maximum Gasteiger partial charge on any atom is 0.227 e. The van der Waals surface area contributed by atoms with Gasteiger partial charge in [-0.2, -0.15) is 0 Å². The summed E-state index contributed by atoms with van der Waals surface area (Å²) in [5.74, 6) is -0.909. The number of carbonyl (C=O) groups is 1. The van der Waals surface area contributed by atoms with Gasteiger partial charge in [-0.1, -0.05) is 49.5 Å². The topological polar surface area (TPSA) is 119 Å². The highest BCUT2D eigenvalue weighted by atomic mass is 16.5. The Labute approximate surface area is 195 Å². The van der Waals surface area contributed by atoms with Crippen molar-refractivity contribution in [2.75, 3.05) is 12.4 Å². The summed E-state index contributed by atoms with van der Waals surface area (Å²) in [5, 5.41) is 44.3. The van der Waals surface area contributed by atoms with Gasteiger partial charge in [-0.3, -0.25) is 4.79 Å². The van der Waals surface area contributed by atoms with E-state index in [1.165, 1.54) is 19.2 Å². The normalized spacial score (nSPS) is 25.7. The predicted octanol–water partition coefficient (Wildman–Crippen LogP) is 3.75. The minimum atomic E-state index is -0.806. The van der Waals surface area contributed by atoms with Gasteiger partial charge in [0, 0.05) is 19.1 Å². The second kappa shape index (κ2) is 13.0. The summed E-state index contributed by atoms with van der Waals surface area (Å²) in [5.41, 5.74) is 1.32. The molecule has 0 aliphatic carbocycles. The van der Waals surface area contributed by atoms with E-state index < -0.39 is 18.3 Å². The summed E-state index contributed by atoms with van der Waals surface area (Å²) < 4.78 is 5.33. The average molecular weight is 458 g/mol. The number of amides is 1. The van der Waals surface area contributed by atoms with Gasteiger partial charge < -0.3 is 30.5 Å². The highest BCUT2D eigenvalue weighted by Gasteiger charge is 2.23. The van der Waals surface area contributed by atoms with Gasteiger partial charge >= 0.3 is 0 Å². The molecule has 4 atom stereocenters. The molecule has 7 heteroatoms. The molecule has 7 nitrogen and oxygen atoms in total. The van der Waals surface area contributed by atoms with Crippen molar-refractivity contribution in [1.82, 2.24) is 0 Å². The number of carbonyl (C=O) groups excluding carboxylic acids is 1. The molecule has 1 amide bonds. The first-order valence-corrected chi connectivity index (χ1v) is 11.1. The number of anilines is 1. The summed E-state index contributed by atoms with van der Waals surface area (Å²) in [6, 6.07) is 2.75. The van der Waals surface area contributed by atoms with Gasteiger partial charge in [-0.25, -0.2) is 0 Å². The number of aliphatic hydroxyl groups excluding tert-OH is 2. The third-order valence-corrected chi connectivity index (χ3v) is 5.76. The second-order valence-electron chi connectivity index (χ2n) is 8.32. The van der Waals surface area contributed by atoms with Crippen molar-refractivity contribution in [3.63, 3.8) is 0 Å². The standard InChI is InChI=1S/C26H35NO6/c1-17-10-9-11-19-14-20(28)15-22(26(19)32)27-24(30)16-21(33-3)12-7-5-4-6-8-13-23(29)18(2)25(17)31/h4-8,10,12,14-15,18,21,23,25,28-29,31-32H,9,11,13,16H2,1-3H3,(H,27,30)/t18-,21+,23-,25-/m1/s1. The number of phenolic OH excluding ortho intramolecular Hbond substituents is 2. The summed E-state index contributed by atoms with van der Waals surface area (Å²) in [6.45, 7) is 3.60. The van der Waals surface area contributed by atoms with E-state index in [2.05, 4.69) is 5.32 Å². The first-order valence-electron chi connectivity index (χ1n) is 11.1. The van der Waals surface area contributed by atoms with Crippen LogP contribution in [0, 0.1) is 5.92 Å². The quantitative estimate of drug-likeness (QED) is 0.249. The lowest BCUT2D eigenvalue weighted by Crippen LogP contribution is -2.30. The Bertz CT molecular complexity index is 918. The Morgan fingerprint density at radius 1 is 1.09 bits per heavy atom. The number of phenols is 2. The lowest BCUT2D eigenvalue weighted by molar-refractivity contribution is -0.117. The van der Waals surface area contributed by atoms with Crippen molar-refractivity contribution in [2.45, 2.75) is 57.8 Å². The van der Waals surface area contributed by atoms with E-state index >= 15 is 0 Å². The number of aryl methyl sites for hydroxylation is 1. The molecule has 0 spiro atoms. The maximum absolute atomic E-state index is 12.5. The van der Waals surface area contributed by atoms with Gasteiger partial charge in [0.05, 0.1) is 30.4 Å². The molecule has 1 heterocycles. The molecule has 2 rings (SSSR count). The molecule has 1 aromatic carbocycles. The summed E-state index contributed by atoms with van der Waals surface area (Å²) >= 11 is 0. The highest BCUT2D eigenvalue weighted by Crippen LogP contribution is 2.33. The van der Waals surface area contributed by atoms with Gasteiger partial charge in [0.15, 0.2) is 0 Å². The van der Waals surface area contributed by atoms with Crippen LogP contribution in [0.2, 0.25) is 0 Å². The number of allylic oxidation sites excluding steroid dienone is 5. The number of methoxy groups -OCH3 is 1. The number of aromatic hydroxyl groups is 2. The lowest BCUT2D eigenvalue weighted by atomic mass is 9.90. The van der Waals surface area contributed by atoms with Crippen molar-refractivity contribution < 1.29 is 30.0 Å². The fraction of sp³-hybridized carbons (Fsp3) is 0.423. The van der Waals surface area contributed by atoms with Crippen LogP contribution < -0.4 is 5.32 Å². The molecule has 0 saturated carbocycles. The first-order chi connectivity index (χ1) is 15.7. The number of fused-ring (bicyclic) bond motifs is 2. The summed E-state index contributed by atoms with van der Waals surface area (Å²) in [4.78, 5) is 12.5. The van der Waals surface area contributed by atoms with E-state index in [0.29, 0.717) is 24.8 Å². The fourth-order valence-electron chi connectivity index (χ4n) is 3.61. The molecule has 1 aliphatic heterocycles. The first kappa shape index (κ1) is 26.4. The monoisotopic (exact) mass is 457 g/mol. The number of hydrogen-bond acceptors (Lipinski definition) is 6. The van der Waals surface area contributed by atoms with Crippen LogP contribution in [0.5, 0.6) is 11.5 Å². The smallest absolute Gasteiger partial charge is 0.227 e. The van der Waals surface area contributed by atoms with Crippen LogP contribution in [0.15, 0.2) is 60.2 Å². The molecule has 33 heavy (non-hydrogen) atoms. The Hall–Kier alpha value is -2.87. The number of hydrogen-bond donors (Lipinski definition) is 5. The number of ether oxygens (including phenoxy) is 1. The molecule has 5 N–H and O–H groups in total. The SMILES string of the molecule is CO[C@H]1C=CC=CC=CC[C@@H](O)[C@@H](C)[C@H](O)C(C)=CCCc2cc(O)cc(c2O)NC(=O)C1. The molecular formula is C26H35NO6. The zero-order valence-electron chi connectivity index (χ0n) is 19.4. The molecule has 1 aliphatic rings. The molecule has 0 radical (unpaired) electrons. The van der Waals surface area contributed by atoms with Crippen LogP contribution in [0.4, 0.5) is 5.69 Å². The van der Waals surface area contributed by atoms with E-state index in [9.17, 15) is 25.2 Å². The van der Waals surface area contributed by atoms with E-state index in [0.717, 1.165) is 5.57 Å². The average Bonchev–Trinajstić information content (AvgIpc) is 2.78. The van der Waals surface area contributed by atoms with Crippen molar-refractivity contribution in [3.8, 4) is 11.5 Å². The van der Waals surface area contributed by atoms with Crippen LogP contribution in [-0.2, 0) is 16.0 Å². The van der Waals surface area contributed by atoms with Gasteiger partial charge in [-0.05, 0) is 43.4 Å².